The zero-order chi connectivity index (χ0) is 15.0. The van der Waals surface area contributed by atoms with Crippen molar-refractivity contribution in [2.75, 3.05) is 26.2 Å². The lowest BCUT2D eigenvalue weighted by molar-refractivity contribution is -0.136. The highest BCUT2D eigenvalue weighted by Gasteiger charge is 2.49. The van der Waals surface area contributed by atoms with Crippen molar-refractivity contribution in [3.63, 3.8) is 0 Å². The summed E-state index contributed by atoms with van der Waals surface area (Å²) < 4.78 is 0. The van der Waals surface area contributed by atoms with Gasteiger partial charge >= 0.3 is 0 Å². The molecule has 2 aliphatic heterocycles. The Morgan fingerprint density at radius 2 is 1.82 bits per heavy atom. The number of hydrogen-bond acceptors (Lipinski definition) is 2. The van der Waals surface area contributed by atoms with Gasteiger partial charge in [-0.3, -0.25) is 4.79 Å². The minimum absolute atomic E-state index is 0.237. The predicted octanol–water partition coefficient (Wildman–Crippen LogP) is 2.71. The summed E-state index contributed by atoms with van der Waals surface area (Å²) in [7, 11) is 0. The first-order valence-corrected chi connectivity index (χ1v) is 8.80. The van der Waals surface area contributed by atoms with E-state index in [0.717, 1.165) is 39.0 Å². The van der Waals surface area contributed by atoms with E-state index in [1.165, 1.54) is 31.2 Å². The van der Waals surface area contributed by atoms with Gasteiger partial charge in [-0.2, -0.15) is 0 Å². The minimum Gasteiger partial charge on any atom is -0.341 e. The molecular formula is C19H26N2O. The van der Waals surface area contributed by atoms with Crippen molar-refractivity contribution in [1.82, 2.24) is 10.2 Å². The van der Waals surface area contributed by atoms with Crippen molar-refractivity contribution < 1.29 is 4.79 Å². The molecule has 1 spiro atoms. The topological polar surface area (TPSA) is 32.3 Å². The first-order chi connectivity index (χ1) is 10.7. The fourth-order valence-electron chi connectivity index (χ4n) is 4.92. The van der Waals surface area contributed by atoms with Crippen LogP contribution in [0.4, 0.5) is 0 Å². The second-order valence-corrected chi connectivity index (χ2v) is 7.56. The Labute approximate surface area is 133 Å². The van der Waals surface area contributed by atoms with Gasteiger partial charge < -0.3 is 10.2 Å². The van der Waals surface area contributed by atoms with Crippen LogP contribution in [0.1, 0.15) is 44.1 Å². The number of carbonyl (C=O) groups is 1. The quantitative estimate of drug-likeness (QED) is 0.910. The molecular weight excluding hydrogens is 272 g/mol. The highest BCUT2D eigenvalue weighted by Crippen LogP contribution is 2.45. The SMILES string of the molecule is O=C(N1CCC2(CCNC2)C1)C1(c2ccccc2)CCCC1. The van der Waals surface area contributed by atoms with E-state index in [2.05, 4.69) is 34.5 Å². The van der Waals surface area contributed by atoms with Crippen LogP contribution in [-0.4, -0.2) is 37.0 Å². The van der Waals surface area contributed by atoms with Gasteiger partial charge in [-0.1, -0.05) is 43.2 Å². The number of benzene rings is 1. The largest absolute Gasteiger partial charge is 0.341 e. The smallest absolute Gasteiger partial charge is 0.233 e. The number of nitrogens with zero attached hydrogens (tertiary/aromatic N) is 1. The van der Waals surface area contributed by atoms with E-state index in [9.17, 15) is 4.79 Å². The molecule has 0 bridgehead atoms. The van der Waals surface area contributed by atoms with Gasteiger partial charge in [-0.05, 0) is 37.8 Å². The summed E-state index contributed by atoms with van der Waals surface area (Å²) >= 11 is 0. The maximum atomic E-state index is 13.4. The fraction of sp³-hybridized carbons (Fsp3) is 0.632. The molecule has 2 heterocycles. The van der Waals surface area contributed by atoms with Crippen molar-refractivity contribution in [3.05, 3.63) is 35.9 Å². The molecule has 1 aromatic rings. The van der Waals surface area contributed by atoms with Crippen molar-refractivity contribution >= 4 is 5.91 Å². The highest BCUT2D eigenvalue weighted by molar-refractivity contribution is 5.89. The van der Waals surface area contributed by atoms with Gasteiger partial charge in [0.25, 0.3) is 0 Å². The molecule has 118 valence electrons. The molecule has 1 unspecified atom stereocenters. The van der Waals surface area contributed by atoms with E-state index in [0.29, 0.717) is 11.3 Å². The van der Waals surface area contributed by atoms with Gasteiger partial charge in [0.05, 0.1) is 5.41 Å². The van der Waals surface area contributed by atoms with Crippen LogP contribution in [0.25, 0.3) is 0 Å². The first-order valence-electron chi connectivity index (χ1n) is 8.80. The molecule has 3 nitrogen and oxygen atoms in total. The lowest BCUT2D eigenvalue weighted by Crippen LogP contribution is -2.45. The summed E-state index contributed by atoms with van der Waals surface area (Å²) in [4.78, 5) is 15.6. The number of amides is 1. The Hall–Kier alpha value is -1.35. The van der Waals surface area contributed by atoms with E-state index in [1.54, 1.807) is 0 Å². The maximum Gasteiger partial charge on any atom is 0.233 e. The summed E-state index contributed by atoms with van der Waals surface area (Å²) in [5.74, 6) is 0.403. The lowest BCUT2D eigenvalue weighted by atomic mass is 9.77. The molecule has 3 heteroatoms. The highest BCUT2D eigenvalue weighted by atomic mass is 16.2. The molecule has 1 saturated carbocycles. The molecule has 1 amide bonds. The summed E-state index contributed by atoms with van der Waals surface area (Å²) in [6.07, 6.45) is 6.82. The zero-order valence-electron chi connectivity index (χ0n) is 13.3. The molecule has 2 saturated heterocycles. The summed E-state index contributed by atoms with van der Waals surface area (Å²) in [5.41, 5.74) is 1.37. The molecule has 1 aliphatic carbocycles. The van der Waals surface area contributed by atoms with Crippen molar-refractivity contribution in [1.29, 1.82) is 0 Å². The van der Waals surface area contributed by atoms with Crippen LogP contribution in [0, 0.1) is 5.41 Å². The van der Waals surface area contributed by atoms with Crippen LogP contribution >= 0.6 is 0 Å². The molecule has 1 aromatic carbocycles. The number of likely N-dealkylation sites (tertiary alicyclic amines) is 1. The molecule has 22 heavy (non-hydrogen) atoms. The van der Waals surface area contributed by atoms with Crippen LogP contribution in [0.3, 0.4) is 0 Å². The Morgan fingerprint density at radius 3 is 2.50 bits per heavy atom. The second-order valence-electron chi connectivity index (χ2n) is 7.56. The van der Waals surface area contributed by atoms with E-state index < -0.39 is 0 Å². The average Bonchev–Trinajstić information content (AvgIpc) is 3.30. The Kier molecular flexibility index (Phi) is 3.48. The molecule has 3 aliphatic rings. The third kappa shape index (κ3) is 2.18. The van der Waals surface area contributed by atoms with Crippen molar-refractivity contribution in [3.8, 4) is 0 Å². The number of hydrogen-bond donors (Lipinski definition) is 1. The summed E-state index contributed by atoms with van der Waals surface area (Å²) in [6, 6.07) is 10.5. The number of rotatable bonds is 2. The van der Waals surface area contributed by atoms with Crippen LogP contribution < -0.4 is 5.32 Å². The van der Waals surface area contributed by atoms with E-state index in [4.69, 9.17) is 0 Å². The Bertz CT molecular complexity index is 542. The van der Waals surface area contributed by atoms with Crippen LogP contribution in [0.5, 0.6) is 0 Å². The van der Waals surface area contributed by atoms with E-state index in [-0.39, 0.29) is 5.41 Å². The zero-order valence-corrected chi connectivity index (χ0v) is 13.3. The van der Waals surface area contributed by atoms with Crippen LogP contribution in [-0.2, 0) is 10.2 Å². The standard InChI is InChI=1S/C19H26N2O/c22-17(21-13-11-18(15-21)10-12-20-14-18)19(8-4-5-9-19)16-6-2-1-3-7-16/h1-3,6-7,20H,4-5,8-15H2. The third-order valence-electron chi connectivity index (χ3n) is 6.25. The molecule has 4 rings (SSSR count). The average molecular weight is 298 g/mol. The molecule has 0 aromatic heterocycles. The van der Waals surface area contributed by atoms with Crippen molar-refractivity contribution in [2.45, 2.75) is 43.9 Å². The van der Waals surface area contributed by atoms with Gasteiger partial charge in [0.1, 0.15) is 0 Å². The van der Waals surface area contributed by atoms with Crippen LogP contribution in [0.2, 0.25) is 0 Å². The van der Waals surface area contributed by atoms with E-state index in [1.807, 2.05) is 6.07 Å². The Balaban J connectivity index is 1.60. The van der Waals surface area contributed by atoms with Crippen molar-refractivity contribution in [2.24, 2.45) is 5.41 Å². The van der Waals surface area contributed by atoms with Gasteiger partial charge in [0, 0.05) is 25.0 Å². The van der Waals surface area contributed by atoms with Crippen LogP contribution in [0.15, 0.2) is 30.3 Å². The van der Waals surface area contributed by atoms with Gasteiger partial charge in [0.15, 0.2) is 0 Å². The minimum atomic E-state index is -0.237. The fourth-order valence-corrected chi connectivity index (χ4v) is 4.92. The molecule has 0 radical (unpaired) electrons. The summed E-state index contributed by atoms with van der Waals surface area (Å²) in [5, 5.41) is 3.49. The number of nitrogens with one attached hydrogen (secondary N) is 1. The number of carbonyl (C=O) groups excluding carboxylic acids is 1. The Morgan fingerprint density at radius 1 is 1.05 bits per heavy atom. The monoisotopic (exact) mass is 298 g/mol. The first kappa shape index (κ1) is 14.3. The van der Waals surface area contributed by atoms with Gasteiger partial charge in [-0.25, -0.2) is 0 Å². The third-order valence-corrected chi connectivity index (χ3v) is 6.25. The lowest BCUT2D eigenvalue weighted by Gasteiger charge is -2.34. The maximum absolute atomic E-state index is 13.4. The molecule has 1 atom stereocenters. The molecule has 1 N–H and O–H groups in total. The molecule has 3 fully saturated rings. The predicted molar refractivity (Wildman–Crippen MR) is 87.7 cm³/mol. The van der Waals surface area contributed by atoms with Gasteiger partial charge in [-0.15, -0.1) is 0 Å². The summed E-state index contributed by atoms with van der Waals surface area (Å²) in [6.45, 7) is 4.13. The normalized spacial score (nSPS) is 30.3. The van der Waals surface area contributed by atoms with E-state index >= 15 is 0 Å². The van der Waals surface area contributed by atoms with Gasteiger partial charge in [0.2, 0.25) is 5.91 Å². The second kappa shape index (κ2) is 5.38.